The Balaban J connectivity index is 2.46. The average molecular weight is 338 g/mol. The van der Waals surface area contributed by atoms with Crippen molar-refractivity contribution < 1.29 is 19.1 Å². The van der Waals surface area contributed by atoms with Gasteiger partial charge >= 0.3 is 5.97 Å². The average Bonchev–Trinajstić information content (AvgIpc) is 2.62. The van der Waals surface area contributed by atoms with Gasteiger partial charge in [-0.1, -0.05) is 36.4 Å². The van der Waals surface area contributed by atoms with Crippen molar-refractivity contribution >= 4 is 17.3 Å². The highest BCUT2D eigenvalue weighted by molar-refractivity contribution is 6.17. The normalized spacial score (nSPS) is 11.1. The molecule has 0 saturated carbocycles. The number of ether oxygens (including phenoxy) is 2. The molecule has 0 radical (unpaired) electrons. The SMILES string of the molecule is CC=C(C(=O)OC)c1ccc(C(C)=O)c(COc2ccccc2)c1C. The summed E-state index contributed by atoms with van der Waals surface area (Å²) >= 11 is 0. The number of para-hydroxylation sites is 1. The van der Waals surface area contributed by atoms with E-state index in [1.807, 2.05) is 37.3 Å². The first-order valence-corrected chi connectivity index (χ1v) is 8.05. The van der Waals surface area contributed by atoms with E-state index in [1.54, 1.807) is 25.1 Å². The minimum atomic E-state index is -0.406. The topological polar surface area (TPSA) is 52.6 Å². The van der Waals surface area contributed by atoms with Gasteiger partial charge in [0, 0.05) is 11.1 Å². The van der Waals surface area contributed by atoms with E-state index in [2.05, 4.69) is 0 Å². The van der Waals surface area contributed by atoms with Gasteiger partial charge in [-0.05, 0) is 44.0 Å². The van der Waals surface area contributed by atoms with Crippen molar-refractivity contribution in [3.63, 3.8) is 0 Å². The van der Waals surface area contributed by atoms with E-state index in [0.29, 0.717) is 11.1 Å². The molecule has 0 unspecified atom stereocenters. The molecule has 25 heavy (non-hydrogen) atoms. The Morgan fingerprint density at radius 1 is 1.04 bits per heavy atom. The number of carbonyl (C=O) groups excluding carboxylic acids is 2. The number of esters is 1. The smallest absolute Gasteiger partial charge is 0.338 e. The van der Waals surface area contributed by atoms with E-state index in [-0.39, 0.29) is 12.4 Å². The monoisotopic (exact) mass is 338 g/mol. The highest BCUT2D eigenvalue weighted by Crippen LogP contribution is 2.27. The third-order valence-electron chi connectivity index (χ3n) is 4.09. The number of ketones is 1. The van der Waals surface area contributed by atoms with E-state index in [1.165, 1.54) is 14.0 Å². The Morgan fingerprint density at radius 3 is 2.24 bits per heavy atom. The van der Waals surface area contributed by atoms with Gasteiger partial charge < -0.3 is 9.47 Å². The quantitative estimate of drug-likeness (QED) is 0.446. The van der Waals surface area contributed by atoms with Gasteiger partial charge in [-0.25, -0.2) is 4.79 Å². The third kappa shape index (κ3) is 4.15. The fourth-order valence-electron chi connectivity index (χ4n) is 2.73. The van der Waals surface area contributed by atoms with Gasteiger partial charge in [-0.3, -0.25) is 4.79 Å². The Morgan fingerprint density at radius 2 is 1.68 bits per heavy atom. The van der Waals surface area contributed by atoms with Crippen LogP contribution in [0.25, 0.3) is 5.57 Å². The van der Waals surface area contributed by atoms with Crippen LogP contribution < -0.4 is 4.74 Å². The zero-order chi connectivity index (χ0) is 18.4. The Labute approximate surface area is 148 Å². The van der Waals surface area contributed by atoms with E-state index >= 15 is 0 Å². The molecule has 0 heterocycles. The molecule has 0 atom stereocenters. The van der Waals surface area contributed by atoms with E-state index in [0.717, 1.165) is 22.4 Å². The summed E-state index contributed by atoms with van der Waals surface area (Å²) in [6.45, 7) is 5.44. The molecule has 0 fully saturated rings. The molecule has 0 aromatic heterocycles. The zero-order valence-corrected chi connectivity index (χ0v) is 15.0. The molecule has 130 valence electrons. The maximum atomic E-state index is 12.0. The molecular weight excluding hydrogens is 316 g/mol. The van der Waals surface area contributed by atoms with Gasteiger partial charge in [-0.15, -0.1) is 0 Å². The number of Topliss-reactive ketones (excluding diaryl/α,β-unsaturated/α-hetero) is 1. The third-order valence-corrected chi connectivity index (χ3v) is 4.09. The molecule has 0 aliphatic rings. The second-order valence-electron chi connectivity index (χ2n) is 5.62. The summed E-state index contributed by atoms with van der Waals surface area (Å²) in [7, 11) is 1.35. The number of allylic oxidation sites excluding steroid dienone is 1. The molecule has 0 amide bonds. The zero-order valence-electron chi connectivity index (χ0n) is 15.0. The van der Waals surface area contributed by atoms with Gasteiger partial charge in [-0.2, -0.15) is 0 Å². The van der Waals surface area contributed by atoms with Crippen molar-refractivity contribution in [2.75, 3.05) is 7.11 Å². The molecule has 0 N–H and O–H groups in total. The summed E-state index contributed by atoms with van der Waals surface area (Å²) in [6, 6.07) is 12.9. The summed E-state index contributed by atoms with van der Waals surface area (Å²) in [4.78, 5) is 24.0. The minimum Gasteiger partial charge on any atom is -0.489 e. The van der Waals surface area contributed by atoms with Gasteiger partial charge in [0.05, 0.1) is 12.7 Å². The molecule has 4 heteroatoms. The summed E-state index contributed by atoms with van der Waals surface area (Å²) in [5, 5.41) is 0. The van der Waals surface area contributed by atoms with Crippen LogP contribution in [0.5, 0.6) is 5.75 Å². The predicted octanol–water partition coefficient (Wildman–Crippen LogP) is 4.35. The predicted molar refractivity (Wildman–Crippen MR) is 97.6 cm³/mol. The highest BCUT2D eigenvalue weighted by atomic mass is 16.5. The first-order valence-electron chi connectivity index (χ1n) is 8.05. The second kappa shape index (κ2) is 8.29. The lowest BCUT2D eigenvalue weighted by atomic mass is 9.91. The van der Waals surface area contributed by atoms with Crippen LogP contribution in [0.1, 0.15) is 40.9 Å². The van der Waals surface area contributed by atoms with Crippen molar-refractivity contribution in [3.8, 4) is 5.75 Å². The molecule has 2 rings (SSSR count). The largest absolute Gasteiger partial charge is 0.489 e. The van der Waals surface area contributed by atoms with Crippen LogP contribution in [0.4, 0.5) is 0 Å². The minimum absolute atomic E-state index is 0.0404. The first kappa shape index (κ1) is 18.5. The maximum absolute atomic E-state index is 12.0. The van der Waals surface area contributed by atoms with E-state index in [9.17, 15) is 9.59 Å². The van der Waals surface area contributed by atoms with Crippen molar-refractivity contribution in [2.45, 2.75) is 27.4 Å². The van der Waals surface area contributed by atoms with Crippen molar-refractivity contribution in [2.24, 2.45) is 0 Å². The number of methoxy groups -OCH3 is 1. The molecule has 0 aliphatic carbocycles. The van der Waals surface area contributed by atoms with Crippen molar-refractivity contribution in [1.82, 2.24) is 0 Å². The number of hydrogen-bond donors (Lipinski definition) is 0. The molecule has 0 aliphatic heterocycles. The molecule has 0 bridgehead atoms. The van der Waals surface area contributed by atoms with Crippen molar-refractivity contribution in [3.05, 3.63) is 70.8 Å². The fourth-order valence-corrected chi connectivity index (χ4v) is 2.73. The van der Waals surface area contributed by atoms with E-state index < -0.39 is 5.97 Å². The molecule has 0 saturated heterocycles. The summed E-state index contributed by atoms with van der Waals surface area (Å²) < 4.78 is 10.7. The maximum Gasteiger partial charge on any atom is 0.338 e. The second-order valence-corrected chi connectivity index (χ2v) is 5.62. The van der Waals surface area contributed by atoms with Crippen LogP contribution in [0, 0.1) is 6.92 Å². The summed E-state index contributed by atoms with van der Waals surface area (Å²) in [5.41, 5.74) is 3.42. The highest BCUT2D eigenvalue weighted by Gasteiger charge is 2.19. The lowest BCUT2D eigenvalue weighted by Gasteiger charge is -2.17. The molecular formula is C21H22O4. The number of rotatable bonds is 6. The lowest BCUT2D eigenvalue weighted by molar-refractivity contribution is -0.133. The molecule has 2 aromatic rings. The standard InChI is InChI=1S/C21H22O4/c1-5-17(21(23)24-4)18-11-12-19(15(3)22)20(14(18)2)13-25-16-9-7-6-8-10-16/h5-12H,13H2,1-4H3. The van der Waals surface area contributed by atoms with Crippen LogP contribution in [-0.4, -0.2) is 18.9 Å². The van der Waals surface area contributed by atoms with Gasteiger partial charge in [0.2, 0.25) is 0 Å². The van der Waals surface area contributed by atoms with Gasteiger partial charge in [0.1, 0.15) is 12.4 Å². The number of hydrogen-bond acceptors (Lipinski definition) is 4. The molecule has 2 aromatic carbocycles. The Bertz CT molecular complexity index is 804. The number of benzene rings is 2. The Hall–Kier alpha value is -2.88. The Kier molecular flexibility index (Phi) is 6.12. The lowest BCUT2D eigenvalue weighted by Crippen LogP contribution is -2.11. The van der Waals surface area contributed by atoms with Gasteiger partial charge in [0.25, 0.3) is 0 Å². The van der Waals surface area contributed by atoms with Crippen LogP contribution in [-0.2, 0) is 16.1 Å². The van der Waals surface area contributed by atoms with Gasteiger partial charge in [0.15, 0.2) is 5.78 Å². The summed E-state index contributed by atoms with van der Waals surface area (Å²) in [5.74, 6) is 0.276. The number of carbonyl (C=O) groups is 2. The van der Waals surface area contributed by atoms with Crippen LogP contribution in [0.15, 0.2) is 48.5 Å². The van der Waals surface area contributed by atoms with Crippen LogP contribution >= 0.6 is 0 Å². The fraction of sp³-hybridized carbons (Fsp3) is 0.238. The van der Waals surface area contributed by atoms with Crippen LogP contribution in [0.3, 0.4) is 0 Å². The molecule has 0 spiro atoms. The van der Waals surface area contributed by atoms with Crippen molar-refractivity contribution in [1.29, 1.82) is 0 Å². The first-order chi connectivity index (χ1) is 12.0. The summed E-state index contributed by atoms with van der Waals surface area (Å²) in [6.07, 6.45) is 1.71. The van der Waals surface area contributed by atoms with Crippen LogP contribution in [0.2, 0.25) is 0 Å². The molecule has 4 nitrogen and oxygen atoms in total. The van der Waals surface area contributed by atoms with E-state index in [4.69, 9.17) is 9.47 Å².